The summed E-state index contributed by atoms with van der Waals surface area (Å²) in [6.45, 7) is 7.61. The monoisotopic (exact) mass is 329 g/mol. The first kappa shape index (κ1) is 18.3. The van der Waals surface area contributed by atoms with E-state index in [9.17, 15) is 4.79 Å². The Morgan fingerprint density at radius 3 is 2.52 bits per heavy atom. The number of nitrogens with two attached hydrogens (primary N) is 1. The third-order valence-electron chi connectivity index (χ3n) is 2.87. The first-order chi connectivity index (χ1) is 9.74. The number of hydrogen-bond acceptors (Lipinski definition) is 4. The van der Waals surface area contributed by atoms with Crippen LogP contribution < -0.4 is 5.73 Å². The zero-order valence-electron chi connectivity index (χ0n) is 13.1. The number of carbonyl (C=O) groups is 1. The quantitative estimate of drug-likeness (QED) is 0.795. The molecular formula is C16H24ClNO2S. The van der Waals surface area contributed by atoms with Crippen molar-refractivity contribution in [2.45, 2.75) is 51.0 Å². The SMILES string of the molecule is CCC(N)C(SCC(=O)OC(C)(C)C)c1ccccc1Cl. The summed E-state index contributed by atoms with van der Waals surface area (Å²) in [7, 11) is 0. The molecule has 0 radical (unpaired) electrons. The second kappa shape index (κ2) is 8.06. The van der Waals surface area contributed by atoms with Crippen molar-refractivity contribution in [1.82, 2.24) is 0 Å². The summed E-state index contributed by atoms with van der Waals surface area (Å²) in [5.41, 5.74) is 6.71. The topological polar surface area (TPSA) is 52.3 Å². The van der Waals surface area contributed by atoms with Crippen LogP contribution in [0.1, 0.15) is 44.9 Å². The molecule has 2 unspecified atom stereocenters. The van der Waals surface area contributed by atoms with Crippen molar-refractivity contribution < 1.29 is 9.53 Å². The maximum Gasteiger partial charge on any atom is 0.316 e. The lowest BCUT2D eigenvalue weighted by Crippen LogP contribution is -2.28. The highest BCUT2D eigenvalue weighted by molar-refractivity contribution is 8.00. The summed E-state index contributed by atoms with van der Waals surface area (Å²) in [5.74, 6) is 0.0359. The van der Waals surface area contributed by atoms with Gasteiger partial charge in [-0.05, 0) is 38.8 Å². The molecule has 0 bridgehead atoms. The first-order valence-corrected chi connectivity index (χ1v) is 8.50. The Morgan fingerprint density at radius 1 is 1.38 bits per heavy atom. The number of halogens is 1. The fourth-order valence-electron chi connectivity index (χ4n) is 1.89. The smallest absolute Gasteiger partial charge is 0.316 e. The summed E-state index contributed by atoms with van der Waals surface area (Å²) in [6.07, 6.45) is 0.817. The van der Waals surface area contributed by atoms with Crippen LogP contribution in [0.2, 0.25) is 5.02 Å². The van der Waals surface area contributed by atoms with Crippen molar-refractivity contribution in [3.05, 3.63) is 34.9 Å². The van der Waals surface area contributed by atoms with E-state index in [2.05, 4.69) is 0 Å². The fourth-order valence-corrected chi connectivity index (χ4v) is 3.41. The van der Waals surface area contributed by atoms with Crippen LogP contribution in [0.15, 0.2) is 24.3 Å². The van der Waals surface area contributed by atoms with E-state index in [-0.39, 0.29) is 23.0 Å². The van der Waals surface area contributed by atoms with E-state index in [0.717, 1.165) is 12.0 Å². The van der Waals surface area contributed by atoms with Crippen LogP contribution in [0.4, 0.5) is 0 Å². The molecule has 0 spiro atoms. The Hall–Kier alpha value is -0.710. The van der Waals surface area contributed by atoms with Crippen LogP contribution in [0.5, 0.6) is 0 Å². The molecule has 0 aliphatic heterocycles. The van der Waals surface area contributed by atoms with Gasteiger partial charge in [-0.3, -0.25) is 4.79 Å². The van der Waals surface area contributed by atoms with E-state index in [1.165, 1.54) is 11.8 Å². The summed E-state index contributed by atoms with van der Waals surface area (Å²) in [6, 6.07) is 7.58. The zero-order valence-corrected chi connectivity index (χ0v) is 14.6. The average molecular weight is 330 g/mol. The minimum absolute atomic E-state index is 0.0174. The molecule has 0 heterocycles. The minimum atomic E-state index is -0.468. The number of esters is 1. The van der Waals surface area contributed by atoms with Crippen LogP contribution >= 0.6 is 23.4 Å². The van der Waals surface area contributed by atoms with E-state index in [1.54, 1.807) is 0 Å². The van der Waals surface area contributed by atoms with Gasteiger partial charge in [0.1, 0.15) is 5.60 Å². The molecule has 2 N–H and O–H groups in total. The Labute approximate surface area is 136 Å². The van der Waals surface area contributed by atoms with Crippen molar-refractivity contribution >= 4 is 29.3 Å². The molecule has 118 valence electrons. The molecule has 1 rings (SSSR count). The Balaban J connectivity index is 2.77. The number of thioether (sulfide) groups is 1. The minimum Gasteiger partial charge on any atom is -0.459 e. The second-order valence-corrected chi connectivity index (χ2v) is 7.45. The molecule has 1 aromatic rings. The van der Waals surface area contributed by atoms with E-state index < -0.39 is 5.60 Å². The third-order valence-corrected chi connectivity index (χ3v) is 4.58. The van der Waals surface area contributed by atoms with Gasteiger partial charge in [0.2, 0.25) is 0 Å². The van der Waals surface area contributed by atoms with Crippen LogP contribution in [0.25, 0.3) is 0 Å². The molecule has 1 aromatic carbocycles. The predicted octanol–water partition coefficient (Wildman–Crippen LogP) is 4.19. The first-order valence-electron chi connectivity index (χ1n) is 7.08. The zero-order chi connectivity index (χ0) is 16.0. The highest BCUT2D eigenvalue weighted by Crippen LogP contribution is 2.36. The van der Waals surface area contributed by atoms with Crippen molar-refractivity contribution in [2.75, 3.05) is 5.75 Å². The number of carbonyl (C=O) groups excluding carboxylic acids is 1. The van der Waals surface area contributed by atoms with Gasteiger partial charge in [-0.2, -0.15) is 0 Å². The molecule has 21 heavy (non-hydrogen) atoms. The summed E-state index contributed by atoms with van der Waals surface area (Å²) >= 11 is 7.74. The van der Waals surface area contributed by atoms with E-state index >= 15 is 0 Å². The Bertz CT molecular complexity index is 474. The summed E-state index contributed by atoms with van der Waals surface area (Å²) in [5, 5.41) is 0.666. The molecular weight excluding hydrogens is 306 g/mol. The number of ether oxygens (including phenoxy) is 1. The van der Waals surface area contributed by atoms with Crippen LogP contribution in [0.3, 0.4) is 0 Å². The van der Waals surface area contributed by atoms with Crippen molar-refractivity contribution in [2.24, 2.45) is 5.73 Å². The molecule has 0 amide bonds. The lowest BCUT2D eigenvalue weighted by atomic mass is 10.0. The Morgan fingerprint density at radius 2 is 2.00 bits per heavy atom. The molecule has 2 atom stereocenters. The maximum absolute atomic E-state index is 11.9. The van der Waals surface area contributed by atoms with Crippen LogP contribution in [-0.4, -0.2) is 23.4 Å². The van der Waals surface area contributed by atoms with E-state index in [0.29, 0.717) is 5.02 Å². The van der Waals surface area contributed by atoms with Gasteiger partial charge in [0, 0.05) is 16.3 Å². The standard InChI is InChI=1S/C16H24ClNO2S/c1-5-13(18)15(11-8-6-7-9-12(11)17)21-10-14(19)20-16(2,3)4/h6-9,13,15H,5,10,18H2,1-4H3. The molecule has 0 aromatic heterocycles. The number of rotatable bonds is 6. The van der Waals surface area contributed by atoms with Gasteiger partial charge in [0.25, 0.3) is 0 Å². The normalized spacial score (nSPS) is 14.6. The van der Waals surface area contributed by atoms with Gasteiger partial charge < -0.3 is 10.5 Å². The van der Waals surface area contributed by atoms with Gasteiger partial charge in [0.05, 0.1) is 5.75 Å². The van der Waals surface area contributed by atoms with Crippen LogP contribution in [-0.2, 0) is 9.53 Å². The molecule has 0 saturated heterocycles. The van der Waals surface area contributed by atoms with E-state index in [4.69, 9.17) is 22.1 Å². The molecule has 0 aliphatic rings. The maximum atomic E-state index is 11.9. The van der Waals surface area contributed by atoms with Gasteiger partial charge in [-0.15, -0.1) is 11.8 Å². The highest BCUT2D eigenvalue weighted by atomic mass is 35.5. The highest BCUT2D eigenvalue weighted by Gasteiger charge is 2.24. The van der Waals surface area contributed by atoms with Gasteiger partial charge >= 0.3 is 5.97 Å². The molecule has 3 nitrogen and oxygen atoms in total. The lowest BCUT2D eigenvalue weighted by Gasteiger charge is -2.25. The third kappa shape index (κ3) is 6.29. The number of benzene rings is 1. The predicted molar refractivity (Wildman–Crippen MR) is 90.8 cm³/mol. The largest absolute Gasteiger partial charge is 0.459 e. The van der Waals surface area contributed by atoms with Crippen molar-refractivity contribution in [1.29, 1.82) is 0 Å². The fraction of sp³-hybridized carbons (Fsp3) is 0.562. The van der Waals surface area contributed by atoms with Gasteiger partial charge in [-0.1, -0.05) is 36.7 Å². The molecule has 0 saturated carbocycles. The van der Waals surface area contributed by atoms with Crippen molar-refractivity contribution in [3.8, 4) is 0 Å². The lowest BCUT2D eigenvalue weighted by molar-refractivity contribution is -0.151. The van der Waals surface area contributed by atoms with Gasteiger partial charge in [0.15, 0.2) is 0 Å². The summed E-state index contributed by atoms with van der Waals surface area (Å²) < 4.78 is 5.33. The average Bonchev–Trinajstić information content (AvgIpc) is 2.38. The van der Waals surface area contributed by atoms with E-state index in [1.807, 2.05) is 52.0 Å². The van der Waals surface area contributed by atoms with Crippen molar-refractivity contribution in [3.63, 3.8) is 0 Å². The number of hydrogen-bond donors (Lipinski definition) is 1. The van der Waals surface area contributed by atoms with Gasteiger partial charge in [-0.25, -0.2) is 0 Å². The second-order valence-electron chi connectivity index (χ2n) is 5.91. The Kier molecular flexibility index (Phi) is 7.04. The molecule has 5 heteroatoms. The summed E-state index contributed by atoms with van der Waals surface area (Å²) in [4.78, 5) is 11.9. The molecule has 0 aliphatic carbocycles. The molecule has 0 fully saturated rings. The van der Waals surface area contributed by atoms with Crippen LogP contribution in [0, 0.1) is 0 Å².